The zero-order valence-electron chi connectivity index (χ0n) is 12.0. The summed E-state index contributed by atoms with van der Waals surface area (Å²) in [4.78, 5) is 11.2. The SMILES string of the molecule is CNc1nc(NCC2CCCCN2C)c2cn[nH]c2n1. The van der Waals surface area contributed by atoms with Crippen molar-refractivity contribution in [2.75, 3.05) is 37.8 Å². The highest BCUT2D eigenvalue weighted by molar-refractivity contribution is 5.86. The number of nitrogens with one attached hydrogen (secondary N) is 3. The maximum Gasteiger partial charge on any atom is 0.226 e. The summed E-state index contributed by atoms with van der Waals surface area (Å²) in [6.07, 6.45) is 5.61. The van der Waals surface area contributed by atoms with E-state index in [1.54, 1.807) is 6.20 Å². The number of hydrogen-bond donors (Lipinski definition) is 3. The maximum absolute atomic E-state index is 4.49. The molecular weight excluding hydrogens is 254 g/mol. The highest BCUT2D eigenvalue weighted by Gasteiger charge is 2.19. The van der Waals surface area contributed by atoms with Gasteiger partial charge in [0.25, 0.3) is 0 Å². The molecule has 1 saturated heterocycles. The van der Waals surface area contributed by atoms with Gasteiger partial charge in [-0.05, 0) is 26.4 Å². The largest absolute Gasteiger partial charge is 0.368 e. The van der Waals surface area contributed by atoms with Gasteiger partial charge in [0.2, 0.25) is 5.95 Å². The quantitative estimate of drug-likeness (QED) is 0.780. The molecule has 7 heteroatoms. The number of piperidine rings is 1. The van der Waals surface area contributed by atoms with Gasteiger partial charge < -0.3 is 15.5 Å². The number of likely N-dealkylation sites (tertiary alicyclic amines) is 1. The van der Waals surface area contributed by atoms with Crippen LogP contribution >= 0.6 is 0 Å². The summed E-state index contributed by atoms with van der Waals surface area (Å²) in [5, 5.41) is 14.3. The molecule has 0 amide bonds. The minimum atomic E-state index is 0.568. The molecule has 1 atom stereocenters. The third-order valence-electron chi connectivity index (χ3n) is 3.96. The molecular formula is C13H21N7. The molecule has 1 fully saturated rings. The first-order valence-corrected chi connectivity index (χ1v) is 7.11. The molecule has 1 aliphatic heterocycles. The Morgan fingerprint density at radius 1 is 1.40 bits per heavy atom. The second-order valence-electron chi connectivity index (χ2n) is 5.29. The normalized spacial score (nSPS) is 20.2. The van der Waals surface area contributed by atoms with E-state index in [-0.39, 0.29) is 0 Å². The Kier molecular flexibility index (Phi) is 3.68. The first kappa shape index (κ1) is 13.1. The number of likely N-dealkylation sites (N-methyl/N-ethyl adjacent to an activating group) is 1. The van der Waals surface area contributed by atoms with E-state index in [9.17, 15) is 0 Å². The van der Waals surface area contributed by atoms with Crippen molar-refractivity contribution in [3.8, 4) is 0 Å². The van der Waals surface area contributed by atoms with E-state index in [0.717, 1.165) is 23.4 Å². The number of nitrogens with zero attached hydrogens (tertiary/aromatic N) is 4. The Balaban J connectivity index is 1.77. The molecule has 0 bridgehead atoms. The average Bonchev–Trinajstić information content (AvgIpc) is 2.94. The summed E-state index contributed by atoms with van der Waals surface area (Å²) < 4.78 is 0. The third-order valence-corrected chi connectivity index (χ3v) is 3.96. The zero-order chi connectivity index (χ0) is 13.9. The van der Waals surface area contributed by atoms with Crippen LogP contribution in [0.1, 0.15) is 19.3 Å². The molecule has 1 unspecified atom stereocenters. The number of aromatic nitrogens is 4. The number of H-pyrrole nitrogens is 1. The number of hydrogen-bond acceptors (Lipinski definition) is 6. The van der Waals surface area contributed by atoms with E-state index < -0.39 is 0 Å². The van der Waals surface area contributed by atoms with Crippen LogP contribution < -0.4 is 10.6 Å². The number of anilines is 2. The van der Waals surface area contributed by atoms with Gasteiger partial charge >= 0.3 is 0 Å². The average molecular weight is 275 g/mol. The fourth-order valence-corrected chi connectivity index (χ4v) is 2.70. The molecule has 108 valence electrons. The van der Waals surface area contributed by atoms with Crippen LogP contribution in [0.3, 0.4) is 0 Å². The van der Waals surface area contributed by atoms with E-state index in [1.165, 1.54) is 25.8 Å². The molecule has 2 aromatic rings. The molecule has 7 nitrogen and oxygen atoms in total. The van der Waals surface area contributed by atoms with Crippen LogP contribution in [0.25, 0.3) is 11.0 Å². The molecule has 2 aromatic heterocycles. The first-order valence-electron chi connectivity index (χ1n) is 7.11. The second-order valence-corrected chi connectivity index (χ2v) is 5.29. The van der Waals surface area contributed by atoms with Gasteiger partial charge in [-0.25, -0.2) is 0 Å². The lowest BCUT2D eigenvalue weighted by molar-refractivity contribution is 0.194. The van der Waals surface area contributed by atoms with Crippen LogP contribution in [0.2, 0.25) is 0 Å². The van der Waals surface area contributed by atoms with Crippen molar-refractivity contribution < 1.29 is 0 Å². The molecule has 0 spiro atoms. The van der Waals surface area contributed by atoms with Crippen molar-refractivity contribution in [2.45, 2.75) is 25.3 Å². The van der Waals surface area contributed by atoms with Crippen molar-refractivity contribution in [1.82, 2.24) is 25.1 Å². The van der Waals surface area contributed by atoms with Gasteiger partial charge in [-0.2, -0.15) is 15.1 Å². The Hall–Kier alpha value is -1.89. The molecule has 0 radical (unpaired) electrons. The Morgan fingerprint density at radius 3 is 3.10 bits per heavy atom. The van der Waals surface area contributed by atoms with Gasteiger partial charge in [0.15, 0.2) is 5.65 Å². The predicted octanol–water partition coefficient (Wildman–Crippen LogP) is 1.29. The molecule has 3 N–H and O–H groups in total. The molecule has 0 aliphatic carbocycles. The minimum Gasteiger partial charge on any atom is -0.368 e. The van der Waals surface area contributed by atoms with Crippen molar-refractivity contribution in [3.05, 3.63) is 6.20 Å². The van der Waals surface area contributed by atoms with Gasteiger partial charge in [-0.1, -0.05) is 6.42 Å². The van der Waals surface area contributed by atoms with Crippen LogP contribution in [0.15, 0.2) is 6.20 Å². The van der Waals surface area contributed by atoms with Gasteiger partial charge in [-0.15, -0.1) is 0 Å². The van der Waals surface area contributed by atoms with E-state index in [1.807, 2.05) is 7.05 Å². The first-order chi connectivity index (χ1) is 9.78. The van der Waals surface area contributed by atoms with E-state index in [0.29, 0.717) is 12.0 Å². The summed E-state index contributed by atoms with van der Waals surface area (Å²) in [5.41, 5.74) is 0.754. The van der Waals surface area contributed by atoms with Gasteiger partial charge in [-0.3, -0.25) is 5.10 Å². The summed E-state index contributed by atoms with van der Waals surface area (Å²) in [6, 6.07) is 0.568. The second kappa shape index (κ2) is 5.62. The fraction of sp³-hybridized carbons (Fsp3) is 0.615. The van der Waals surface area contributed by atoms with E-state index >= 15 is 0 Å². The van der Waals surface area contributed by atoms with Crippen molar-refractivity contribution in [1.29, 1.82) is 0 Å². The monoisotopic (exact) mass is 275 g/mol. The van der Waals surface area contributed by atoms with E-state index in [2.05, 4.69) is 42.7 Å². The standard InChI is InChI=1S/C13H21N7/c1-14-13-17-11(10-8-16-19-12(10)18-13)15-7-9-5-3-4-6-20(9)2/h8-9H,3-7H2,1-2H3,(H3,14,15,16,17,18,19). The summed E-state index contributed by atoms with van der Waals surface area (Å²) in [7, 11) is 4.01. The fourth-order valence-electron chi connectivity index (χ4n) is 2.70. The summed E-state index contributed by atoms with van der Waals surface area (Å²) in [5.74, 6) is 1.44. The minimum absolute atomic E-state index is 0.568. The Morgan fingerprint density at radius 2 is 2.30 bits per heavy atom. The third kappa shape index (κ3) is 2.53. The van der Waals surface area contributed by atoms with E-state index in [4.69, 9.17) is 0 Å². The van der Waals surface area contributed by atoms with Crippen molar-refractivity contribution >= 4 is 22.8 Å². The molecule has 3 rings (SSSR count). The number of aromatic amines is 1. The summed E-state index contributed by atoms with van der Waals surface area (Å²) >= 11 is 0. The van der Waals surface area contributed by atoms with Crippen LogP contribution in [-0.4, -0.2) is 58.3 Å². The Bertz CT molecular complexity index is 579. The van der Waals surface area contributed by atoms with Crippen LogP contribution in [0.4, 0.5) is 11.8 Å². The molecule has 20 heavy (non-hydrogen) atoms. The van der Waals surface area contributed by atoms with Gasteiger partial charge in [0.1, 0.15) is 5.82 Å². The van der Waals surface area contributed by atoms with Crippen LogP contribution in [0.5, 0.6) is 0 Å². The molecule has 3 heterocycles. The van der Waals surface area contributed by atoms with Crippen molar-refractivity contribution in [2.24, 2.45) is 0 Å². The maximum atomic E-state index is 4.49. The van der Waals surface area contributed by atoms with Crippen LogP contribution in [-0.2, 0) is 0 Å². The lowest BCUT2D eigenvalue weighted by atomic mass is 10.0. The zero-order valence-corrected chi connectivity index (χ0v) is 12.0. The molecule has 0 saturated carbocycles. The van der Waals surface area contributed by atoms with Crippen LogP contribution in [0, 0.1) is 0 Å². The smallest absolute Gasteiger partial charge is 0.226 e. The number of rotatable bonds is 4. The highest BCUT2D eigenvalue weighted by Crippen LogP contribution is 2.21. The highest BCUT2D eigenvalue weighted by atomic mass is 15.2. The molecule has 1 aliphatic rings. The topological polar surface area (TPSA) is 81.8 Å². The van der Waals surface area contributed by atoms with Gasteiger partial charge in [0, 0.05) is 19.6 Å². The van der Waals surface area contributed by atoms with Crippen molar-refractivity contribution in [3.63, 3.8) is 0 Å². The lowest BCUT2D eigenvalue weighted by Gasteiger charge is -2.32. The summed E-state index contributed by atoms with van der Waals surface area (Å²) in [6.45, 7) is 2.08. The molecule has 0 aromatic carbocycles. The number of fused-ring (bicyclic) bond motifs is 1. The van der Waals surface area contributed by atoms with Gasteiger partial charge in [0.05, 0.1) is 11.6 Å². The lowest BCUT2D eigenvalue weighted by Crippen LogP contribution is -2.40. The Labute approximate surface area is 118 Å². The predicted molar refractivity (Wildman–Crippen MR) is 80.0 cm³/mol.